The Morgan fingerprint density at radius 3 is 2.22 bits per heavy atom. The Balaban J connectivity index is 2.31. The number of thiophene rings is 1. The lowest BCUT2D eigenvalue weighted by atomic mass is 10.0. The van der Waals surface area contributed by atoms with Crippen molar-refractivity contribution in [3.8, 4) is 0 Å². The van der Waals surface area contributed by atoms with Gasteiger partial charge in [-0.05, 0) is 52.2 Å². The fraction of sp³-hybridized carbons (Fsp3) is 0.733. The van der Waals surface area contributed by atoms with Crippen LogP contribution in [-0.2, 0) is 0 Å². The van der Waals surface area contributed by atoms with Crippen LogP contribution in [0.15, 0.2) is 10.5 Å². The van der Waals surface area contributed by atoms with Gasteiger partial charge < -0.3 is 5.32 Å². The van der Waals surface area contributed by atoms with Crippen LogP contribution in [0.2, 0.25) is 0 Å². The first-order valence-electron chi connectivity index (χ1n) is 6.72. The third-order valence-electron chi connectivity index (χ3n) is 5.07. The first-order chi connectivity index (χ1) is 8.23. The Bertz CT molecular complexity index is 414. The number of aryl methyl sites for hydroxylation is 1. The van der Waals surface area contributed by atoms with Crippen molar-refractivity contribution in [1.82, 2.24) is 5.32 Å². The molecule has 0 bridgehead atoms. The molecule has 102 valence electrons. The van der Waals surface area contributed by atoms with Gasteiger partial charge in [-0.1, -0.05) is 34.6 Å². The van der Waals surface area contributed by atoms with Crippen LogP contribution >= 0.6 is 27.3 Å². The molecule has 0 saturated heterocycles. The summed E-state index contributed by atoms with van der Waals surface area (Å²) in [4.78, 5) is 2.86. The fourth-order valence-corrected chi connectivity index (χ4v) is 4.99. The van der Waals surface area contributed by atoms with E-state index in [-0.39, 0.29) is 0 Å². The standard InChI is InChI=1S/C15H24BrNS/c1-7-17-12(11-8-10(16)9(2)18-11)13-14(3,4)15(13,5)6/h8,12-13,17H,7H2,1-6H3. The molecule has 1 nitrogen and oxygen atoms in total. The molecule has 1 unspecified atom stereocenters. The smallest absolute Gasteiger partial charge is 0.0454 e. The van der Waals surface area contributed by atoms with Gasteiger partial charge in [-0.25, -0.2) is 0 Å². The van der Waals surface area contributed by atoms with Gasteiger partial charge in [0.25, 0.3) is 0 Å². The van der Waals surface area contributed by atoms with E-state index >= 15 is 0 Å². The molecule has 18 heavy (non-hydrogen) atoms. The highest BCUT2D eigenvalue weighted by molar-refractivity contribution is 9.10. The lowest BCUT2D eigenvalue weighted by molar-refractivity contribution is 0.424. The molecule has 1 aliphatic carbocycles. The summed E-state index contributed by atoms with van der Waals surface area (Å²) in [7, 11) is 0. The topological polar surface area (TPSA) is 12.0 Å². The maximum absolute atomic E-state index is 3.70. The molecule has 1 aliphatic rings. The van der Waals surface area contributed by atoms with Crippen molar-refractivity contribution in [2.75, 3.05) is 6.54 Å². The number of nitrogens with one attached hydrogen (secondary N) is 1. The summed E-state index contributed by atoms with van der Waals surface area (Å²) < 4.78 is 1.25. The number of halogens is 1. The van der Waals surface area contributed by atoms with Crippen LogP contribution in [0.5, 0.6) is 0 Å². The zero-order chi connectivity index (χ0) is 13.7. The van der Waals surface area contributed by atoms with E-state index in [0.717, 1.165) is 12.5 Å². The maximum Gasteiger partial charge on any atom is 0.0454 e. The highest BCUT2D eigenvalue weighted by atomic mass is 79.9. The number of rotatable bonds is 4. The third-order valence-corrected chi connectivity index (χ3v) is 7.29. The van der Waals surface area contributed by atoms with Gasteiger partial charge in [0.2, 0.25) is 0 Å². The molecule has 1 fully saturated rings. The van der Waals surface area contributed by atoms with E-state index in [1.54, 1.807) is 0 Å². The Morgan fingerprint density at radius 1 is 1.33 bits per heavy atom. The van der Waals surface area contributed by atoms with Crippen molar-refractivity contribution >= 4 is 27.3 Å². The Morgan fingerprint density at radius 2 is 1.89 bits per heavy atom. The maximum atomic E-state index is 3.70. The number of hydrogen-bond donors (Lipinski definition) is 1. The molecular weight excluding hydrogens is 306 g/mol. The van der Waals surface area contributed by atoms with Crippen LogP contribution in [0.4, 0.5) is 0 Å². The molecule has 1 heterocycles. The van der Waals surface area contributed by atoms with Crippen molar-refractivity contribution < 1.29 is 0 Å². The summed E-state index contributed by atoms with van der Waals surface area (Å²) in [6.45, 7) is 15.0. The van der Waals surface area contributed by atoms with Gasteiger partial charge in [-0.15, -0.1) is 11.3 Å². The minimum Gasteiger partial charge on any atom is -0.309 e. The highest BCUT2D eigenvalue weighted by Gasteiger charge is 2.67. The second-order valence-electron chi connectivity index (χ2n) is 6.51. The van der Waals surface area contributed by atoms with Gasteiger partial charge in [0.05, 0.1) is 0 Å². The minimum atomic E-state index is 0.421. The summed E-state index contributed by atoms with van der Waals surface area (Å²) in [6.07, 6.45) is 0. The van der Waals surface area contributed by atoms with Crippen LogP contribution in [0.25, 0.3) is 0 Å². The molecule has 3 heteroatoms. The van der Waals surface area contributed by atoms with E-state index in [9.17, 15) is 0 Å². The van der Waals surface area contributed by atoms with E-state index in [4.69, 9.17) is 0 Å². The van der Waals surface area contributed by atoms with Crippen molar-refractivity contribution in [1.29, 1.82) is 0 Å². The first-order valence-corrected chi connectivity index (χ1v) is 8.33. The molecule has 0 aliphatic heterocycles. The zero-order valence-corrected chi connectivity index (χ0v) is 14.6. The summed E-state index contributed by atoms with van der Waals surface area (Å²) >= 11 is 5.57. The van der Waals surface area contributed by atoms with Gasteiger partial charge >= 0.3 is 0 Å². The van der Waals surface area contributed by atoms with E-state index < -0.39 is 0 Å². The van der Waals surface area contributed by atoms with Gasteiger partial charge in [-0.3, -0.25) is 0 Å². The van der Waals surface area contributed by atoms with Crippen molar-refractivity contribution in [2.45, 2.75) is 47.6 Å². The Hall–Kier alpha value is 0.140. The fourth-order valence-electron chi connectivity index (χ4n) is 3.32. The first kappa shape index (κ1) is 14.5. The van der Waals surface area contributed by atoms with Crippen molar-refractivity contribution in [3.63, 3.8) is 0 Å². The molecule has 0 spiro atoms. The molecule has 0 amide bonds. The van der Waals surface area contributed by atoms with Crippen LogP contribution in [0.1, 0.15) is 50.4 Å². The SMILES string of the molecule is CCNC(c1cc(Br)c(C)s1)C1C(C)(C)C1(C)C. The summed E-state index contributed by atoms with van der Waals surface area (Å²) in [5.41, 5.74) is 0.842. The van der Waals surface area contributed by atoms with E-state index in [0.29, 0.717) is 16.9 Å². The van der Waals surface area contributed by atoms with Crippen molar-refractivity contribution in [2.24, 2.45) is 16.7 Å². The number of hydrogen-bond acceptors (Lipinski definition) is 2. The quantitative estimate of drug-likeness (QED) is 0.805. The predicted molar refractivity (Wildman–Crippen MR) is 84.2 cm³/mol. The summed E-state index contributed by atoms with van der Waals surface area (Å²) in [5.74, 6) is 0.717. The van der Waals surface area contributed by atoms with E-state index in [1.807, 2.05) is 11.3 Å². The Kier molecular flexibility index (Phi) is 3.72. The van der Waals surface area contributed by atoms with Gasteiger partial charge in [0.15, 0.2) is 0 Å². The normalized spacial score (nSPS) is 23.1. The molecule has 0 radical (unpaired) electrons. The van der Waals surface area contributed by atoms with Gasteiger partial charge in [0.1, 0.15) is 0 Å². The van der Waals surface area contributed by atoms with E-state index in [2.05, 4.69) is 68.9 Å². The average molecular weight is 330 g/mol. The Labute approximate surface area is 123 Å². The van der Waals surface area contributed by atoms with Crippen LogP contribution in [0, 0.1) is 23.7 Å². The average Bonchev–Trinajstić information content (AvgIpc) is 2.54. The monoisotopic (exact) mass is 329 g/mol. The van der Waals surface area contributed by atoms with E-state index in [1.165, 1.54) is 14.2 Å². The van der Waals surface area contributed by atoms with Crippen LogP contribution in [0.3, 0.4) is 0 Å². The highest BCUT2D eigenvalue weighted by Crippen LogP contribution is 2.72. The molecule has 2 rings (SSSR count). The third kappa shape index (κ3) is 2.08. The minimum absolute atomic E-state index is 0.421. The molecule has 1 atom stereocenters. The van der Waals surface area contributed by atoms with Crippen molar-refractivity contribution in [3.05, 3.63) is 20.3 Å². The summed E-state index contributed by atoms with van der Waals surface area (Å²) in [6, 6.07) is 2.80. The largest absolute Gasteiger partial charge is 0.309 e. The molecule has 1 N–H and O–H groups in total. The predicted octanol–water partition coefficient (Wildman–Crippen LogP) is 5.15. The van der Waals surface area contributed by atoms with Crippen LogP contribution < -0.4 is 5.32 Å². The lowest BCUT2D eigenvalue weighted by Crippen LogP contribution is -2.24. The molecule has 1 aromatic rings. The molecule has 0 aromatic carbocycles. The second-order valence-corrected chi connectivity index (χ2v) is 8.65. The van der Waals surface area contributed by atoms with Gasteiger partial charge in [0, 0.05) is 20.3 Å². The molecule has 1 saturated carbocycles. The summed E-state index contributed by atoms with van der Waals surface area (Å²) in [5, 5.41) is 3.70. The molecular formula is C15H24BrNS. The lowest BCUT2D eigenvalue weighted by Gasteiger charge is -2.18. The van der Waals surface area contributed by atoms with Gasteiger partial charge in [-0.2, -0.15) is 0 Å². The second kappa shape index (κ2) is 4.60. The molecule has 1 aromatic heterocycles. The zero-order valence-electron chi connectivity index (χ0n) is 12.2. The van der Waals surface area contributed by atoms with Crippen LogP contribution in [-0.4, -0.2) is 6.54 Å².